The summed E-state index contributed by atoms with van der Waals surface area (Å²) in [5, 5.41) is 0. The van der Waals surface area contributed by atoms with Crippen LogP contribution in [0.1, 0.15) is 34.6 Å². The van der Waals surface area contributed by atoms with Gasteiger partial charge in [-0.3, -0.25) is 0 Å². The van der Waals surface area contributed by atoms with Gasteiger partial charge in [-0.2, -0.15) is 0 Å². The quantitative estimate of drug-likeness (QED) is 0.561. The average molecular weight is 316 g/mol. The van der Waals surface area contributed by atoms with Crippen molar-refractivity contribution in [3.05, 3.63) is 101 Å². The fourth-order valence-electron chi connectivity index (χ4n) is 3.37. The van der Waals surface area contributed by atoms with E-state index in [9.17, 15) is 0 Å². The third-order valence-electron chi connectivity index (χ3n) is 4.67. The lowest BCUT2D eigenvalue weighted by molar-refractivity contribution is 0.408. The molecule has 3 aromatic carbocycles. The number of benzene rings is 3. The average Bonchev–Trinajstić information content (AvgIpc) is 2.64. The lowest BCUT2D eigenvalue weighted by Gasteiger charge is -2.20. The molecule has 0 spiro atoms. The van der Waals surface area contributed by atoms with E-state index in [1.165, 1.54) is 22.3 Å². The topological polar surface area (TPSA) is 9.23 Å². The maximum absolute atomic E-state index is 5.57. The van der Waals surface area contributed by atoms with Crippen LogP contribution in [0.2, 0.25) is 0 Å². The van der Waals surface area contributed by atoms with Gasteiger partial charge in [0.15, 0.2) is 0 Å². The number of hydrogen-bond donors (Lipinski definition) is 0. The molecule has 0 fully saturated rings. The minimum Gasteiger partial charge on any atom is -0.496 e. The molecule has 0 bridgehead atoms. The summed E-state index contributed by atoms with van der Waals surface area (Å²) in [5.74, 6) is 1.39. The highest BCUT2D eigenvalue weighted by atomic mass is 16.5. The molecule has 122 valence electrons. The molecule has 0 saturated carbocycles. The molecule has 0 atom stereocenters. The van der Waals surface area contributed by atoms with Crippen molar-refractivity contribution in [1.82, 2.24) is 0 Å². The van der Waals surface area contributed by atoms with E-state index < -0.39 is 0 Å². The lowest BCUT2D eigenvalue weighted by atomic mass is 9.85. The van der Waals surface area contributed by atoms with Gasteiger partial charge in [0, 0.05) is 5.92 Å². The second-order valence-electron chi connectivity index (χ2n) is 6.17. The van der Waals surface area contributed by atoms with E-state index in [4.69, 9.17) is 4.74 Å². The smallest absolute Gasteiger partial charge is 0.122 e. The summed E-state index contributed by atoms with van der Waals surface area (Å²) < 4.78 is 5.57. The van der Waals surface area contributed by atoms with Crippen LogP contribution in [0.15, 0.2) is 78.9 Å². The summed E-state index contributed by atoms with van der Waals surface area (Å²) in [4.78, 5) is 0. The first-order chi connectivity index (χ1) is 11.8. The predicted molar refractivity (Wildman–Crippen MR) is 101 cm³/mol. The van der Waals surface area contributed by atoms with E-state index in [1.807, 2.05) is 0 Å². The zero-order valence-electron chi connectivity index (χ0n) is 14.4. The first kappa shape index (κ1) is 16.3. The molecule has 0 heterocycles. The van der Waals surface area contributed by atoms with Crippen molar-refractivity contribution in [2.24, 2.45) is 0 Å². The van der Waals surface area contributed by atoms with E-state index >= 15 is 0 Å². The summed E-state index contributed by atoms with van der Waals surface area (Å²) in [6.45, 7) is 2.16. The lowest BCUT2D eigenvalue weighted by Crippen LogP contribution is -2.05. The Morgan fingerprint density at radius 2 is 1.33 bits per heavy atom. The molecule has 1 heteroatoms. The fourth-order valence-corrected chi connectivity index (χ4v) is 3.37. The van der Waals surface area contributed by atoms with E-state index in [2.05, 4.69) is 85.8 Å². The Kier molecular flexibility index (Phi) is 5.32. The van der Waals surface area contributed by atoms with Gasteiger partial charge in [-0.15, -0.1) is 0 Å². The molecule has 0 aromatic heterocycles. The number of ether oxygens (including phenoxy) is 1. The number of rotatable bonds is 6. The monoisotopic (exact) mass is 316 g/mol. The maximum Gasteiger partial charge on any atom is 0.122 e. The van der Waals surface area contributed by atoms with Crippen molar-refractivity contribution in [2.45, 2.75) is 25.7 Å². The van der Waals surface area contributed by atoms with Gasteiger partial charge >= 0.3 is 0 Å². The molecule has 0 saturated heterocycles. The Labute approximate surface area is 144 Å². The Morgan fingerprint density at radius 1 is 0.750 bits per heavy atom. The highest BCUT2D eigenvalue weighted by Gasteiger charge is 2.16. The molecule has 0 radical (unpaired) electrons. The molecular weight excluding hydrogens is 292 g/mol. The van der Waals surface area contributed by atoms with E-state index in [-0.39, 0.29) is 0 Å². The van der Waals surface area contributed by atoms with E-state index in [0.717, 1.165) is 18.6 Å². The number of methoxy groups -OCH3 is 1. The summed E-state index contributed by atoms with van der Waals surface area (Å²) in [5.41, 5.74) is 5.36. The number of aryl methyl sites for hydroxylation is 1. The zero-order valence-corrected chi connectivity index (χ0v) is 14.4. The molecule has 0 aliphatic heterocycles. The Morgan fingerprint density at radius 3 is 1.88 bits per heavy atom. The van der Waals surface area contributed by atoms with E-state index in [1.54, 1.807) is 7.11 Å². The van der Waals surface area contributed by atoms with Gasteiger partial charge in [0.25, 0.3) is 0 Å². The van der Waals surface area contributed by atoms with Crippen LogP contribution in [-0.2, 0) is 6.42 Å². The summed E-state index contributed by atoms with van der Waals surface area (Å²) in [7, 11) is 1.75. The molecule has 0 N–H and O–H groups in total. The standard InChI is InChI=1S/C23H24O/c1-18-10-9-15-23(24-2)21(18)16-17-22(19-11-5-3-6-12-19)20-13-7-4-8-14-20/h3-15,22H,16-17H2,1-2H3. The molecule has 3 aromatic rings. The zero-order chi connectivity index (χ0) is 16.8. The van der Waals surface area contributed by atoms with Crippen molar-refractivity contribution < 1.29 is 4.74 Å². The normalized spacial score (nSPS) is 10.8. The van der Waals surface area contributed by atoms with E-state index in [0.29, 0.717) is 5.92 Å². The predicted octanol–water partition coefficient (Wildman–Crippen LogP) is 5.77. The van der Waals surface area contributed by atoms with Crippen LogP contribution >= 0.6 is 0 Å². The summed E-state index contributed by atoms with van der Waals surface area (Å²) in [6.07, 6.45) is 2.07. The van der Waals surface area contributed by atoms with Crippen LogP contribution in [0.3, 0.4) is 0 Å². The highest BCUT2D eigenvalue weighted by molar-refractivity contribution is 5.40. The van der Waals surface area contributed by atoms with Gasteiger partial charge in [0.1, 0.15) is 5.75 Å². The van der Waals surface area contributed by atoms with Crippen molar-refractivity contribution in [3.8, 4) is 5.75 Å². The second-order valence-corrected chi connectivity index (χ2v) is 6.17. The van der Waals surface area contributed by atoms with Gasteiger partial charge in [-0.25, -0.2) is 0 Å². The minimum atomic E-state index is 0.400. The second kappa shape index (κ2) is 7.83. The number of hydrogen-bond acceptors (Lipinski definition) is 1. The van der Waals surface area contributed by atoms with Crippen LogP contribution < -0.4 is 4.74 Å². The molecule has 0 aliphatic carbocycles. The molecule has 1 nitrogen and oxygen atoms in total. The van der Waals surface area contributed by atoms with Crippen molar-refractivity contribution in [3.63, 3.8) is 0 Å². The summed E-state index contributed by atoms with van der Waals surface area (Å²) in [6, 6.07) is 27.9. The van der Waals surface area contributed by atoms with Crippen LogP contribution in [0.25, 0.3) is 0 Å². The van der Waals surface area contributed by atoms with Gasteiger partial charge in [0.05, 0.1) is 7.11 Å². The van der Waals surface area contributed by atoms with Gasteiger partial charge in [-0.1, -0.05) is 72.8 Å². The maximum atomic E-state index is 5.57. The van der Waals surface area contributed by atoms with Gasteiger partial charge in [-0.05, 0) is 48.1 Å². The highest BCUT2D eigenvalue weighted by Crippen LogP contribution is 2.32. The molecule has 3 rings (SSSR count). The first-order valence-electron chi connectivity index (χ1n) is 8.52. The largest absolute Gasteiger partial charge is 0.496 e. The van der Waals surface area contributed by atoms with Crippen LogP contribution in [-0.4, -0.2) is 7.11 Å². The molecular formula is C23H24O. The third-order valence-corrected chi connectivity index (χ3v) is 4.67. The van der Waals surface area contributed by atoms with Crippen molar-refractivity contribution in [1.29, 1.82) is 0 Å². The molecule has 0 unspecified atom stereocenters. The Balaban J connectivity index is 1.89. The van der Waals surface area contributed by atoms with Crippen LogP contribution in [0, 0.1) is 6.92 Å². The Hall–Kier alpha value is -2.54. The fraction of sp³-hybridized carbons (Fsp3) is 0.217. The third kappa shape index (κ3) is 3.68. The van der Waals surface area contributed by atoms with Crippen molar-refractivity contribution >= 4 is 0 Å². The van der Waals surface area contributed by atoms with Gasteiger partial charge < -0.3 is 4.74 Å². The molecule has 0 aliphatic rings. The first-order valence-corrected chi connectivity index (χ1v) is 8.52. The minimum absolute atomic E-state index is 0.400. The molecule has 0 amide bonds. The SMILES string of the molecule is COc1cccc(C)c1CCC(c1ccccc1)c1ccccc1. The molecule has 24 heavy (non-hydrogen) atoms. The van der Waals surface area contributed by atoms with Crippen LogP contribution in [0.4, 0.5) is 0 Å². The van der Waals surface area contributed by atoms with Gasteiger partial charge in [0.2, 0.25) is 0 Å². The Bertz CT molecular complexity index is 723. The van der Waals surface area contributed by atoms with Crippen LogP contribution in [0.5, 0.6) is 5.75 Å². The summed E-state index contributed by atoms with van der Waals surface area (Å²) >= 11 is 0. The van der Waals surface area contributed by atoms with Crippen molar-refractivity contribution in [2.75, 3.05) is 7.11 Å².